The van der Waals surface area contributed by atoms with E-state index in [0.717, 1.165) is 0 Å². The highest BCUT2D eigenvalue weighted by molar-refractivity contribution is 6.36. The number of hydrogen-bond donors (Lipinski definition) is 1. The summed E-state index contributed by atoms with van der Waals surface area (Å²) < 4.78 is 0. The zero-order chi connectivity index (χ0) is 18.8. The standard InChI is InChI=1S/C19H16Cl2N2O3/c1-11(24)12-2-5-15(6-3-12)22-19(26)13-8-18(25)23(10-13)17-7-4-14(20)9-16(17)21/h2-7,9,13H,8,10H2,1H3,(H,22,26). The molecule has 1 heterocycles. The average Bonchev–Trinajstić information content (AvgIpc) is 2.97. The van der Waals surface area contributed by atoms with Crippen molar-refractivity contribution in [1.82, 2.24) is 0 Å². The summed E-state index contributed by atoms with van der Waals surface area (Å²) in [5.74, 6) is -0.940. The van der Waals surface area contributed by atoms with Gasteiger partial charge in [0.1, 0.15) is 0 Å². The number of carbonyl (C=O) groups is 3. The van der Waals surface area contributed by atoms with Crippen molar-refractivity contribution in [3.05, 3.63) is 58.1 Å². The van der Waals surface area contributed by atoms with E-state index >= 15 is 0 Å². The van der Waals surface area contributed by atoms with E-state index in [0.29, 0.717) is 27.0 Å². The van der Waals surface area contributed by atoms with Gasteiger partial charge >= 0.3 is 0 Å². The number of Topliss-reactive ketones (excluding diaryl/α,β-unsaturated/α-hetero) is 1. The Kier molecular flexibility index (Phi) is 5.30. The van der Waals surface area contributed by atoms with Crippen LogP contribution in [-0.2, 0) is 9.59 Å². The van der Waals surface area contributed by atoms with E-state index in [4.69, 9.17) is 23.2 Å². The maximum atomic E-state index is 12.5. The van der Waals surface area contributed by atoms with Crippen molar-refractivity contribution >= 4 is 52.2 Å². The molecular formula is C19H16Cl2N2O3. The smallest absolute Gasteiger partial charge is 0.229 e. The summed E-state index contributed by atoms with van der Waals surface area (Å²) in [5.41, 5.74) is 1.69. The molecule has 0 aromatic heterocycles. The van der Waals surface area contributed by atoms with E-state index in [2.05, 4.69) is 5.32 Å². The second-order valence-corrected chi connectivity index (χ2v) is 6.97. The van der Waals surface area contributed by atoms with E-state index in [-0.39, 0.29) is 30.6 Å². The molecule has 0 bridgehead atoms. The van der Waals surface area contributed by atoms with Crippen LogP contribution in [0.3, 0.4) is 0 Å². The number of nitrogens with one attached hydrogen (secondary N) is 1. The Bertz CT molecular complexity index is 881. The number of halogens is 2. The molecule has 5 nitrogen and oxygen atoms in total. The zero-order valence-corrected chi connectivity index (χ0v) is 15.5. The summed E-state index contributed by atoms with van der Waals surface area (Å²) in [4.78, 5) is 37.6. The van der Waals surface area contributed by atoms with E-state index < -0.39 is 5.92 Å². The van der Waals surface area contributed by atoms with Crippen molar-refractivity contribution in [1.29, 1.82) is 0 Å². The lowest BCUT2D eigenvalue weighted by molar-refractivity contribution is -0.122. The van der Waals surface area contributed by atoms with Crippen molar-refractivity contribution in [2.24, 2.45) is 5.92 Å². The predicted molar refractivity (Wildman–Crippen MR) is 102 cm³/mol. The van der Waals surface area contributed by atoms with Crippen LogP contribution >= 0.6 is 23.2 Å². The molecule has 1 fully saturated rings. The van der Waals surface area contributed by atoms with Crippen LogP contribution < -0.4 is 10.2 Å². The van der Waals surface area contributed by atoms with E-state index in [1.165, 1.54) is 11.8 Å². The Hall–Kier alpha value is -2.37. The lowest BCUT2D eigenvalue weighted by atomic mass is 10.1. The fourth-order valence-electron chi connectivity index (χ4n) is 2.85. The van der Waals surface area contributed by atoms with Crippen LogP contribution in [0.25, 0.3) is 0 Å². The summed E-state index contributed by atoms with van der Waals surface area (Å²) in [6.07, 6.45) is 0.107. The third-order valence-corrected chi connectivity index (χ3v) is 4.79. The SMILES string of the molecule is CC(=O)c1ccc(NC(=O)C2CC(=O)N(c3ccc(Cl)cc3Cl)C2)cc1. The van der Waals surface area contributed by atoms with E-state index in [1.807, 2.05) is 0 Å². The molecule has 0 radical (unpaired) electrons. The van der Waals surface area contributed by atoms with Gasteiger partial charge in [0.2, 0.25) is 11.8 Å². The van der Waals surface area contributed by atoms with Crippen LogP contribution in [0.5, 0.6) is 0 Å². The lowest BCUT2D eigenvalue weighted by Crippen LogP contribution is -2.28. The van der Waals surface area contributed by atoms with Gasteiger partial charge < -0.3 is 10.2 Å². The van der Waals surface area contributed by atoms with Gasteiger partial charge in [-0.2, -0.15) is 0 Å². The Morgan fingerprint density at radius 3 is 2.42 bits per heavy atom. The maximum Gasteiger partial charge on any atom is 0.229 e. The highest BCUT2D eigenvalue weighted by Crippen LogP contribution is 2.33. The number of amides is 2. The Morgan fingerprint density at radius 2 is 1.81 bits per heavy atom. The minimum atomic E-state index is -0.485. The fraction of sp³-hybridized carbons (Fsp3) is 0.211. The molecule has 2 amide bonds. The first-order chi connectivity index (χ1) is 12.3. The van der Waals surface area contributed by atoms with Gasteiger partial charge in [0.15, 0.2) is 5.78 Å². The Morgan fingerprint density at radius 1 is 1.12 bits per heavy atom. The third kappa shape index (κ3) is 3.89. The topological polar surface area (TPSA) is 66.5 Å². The molecule has 1 saturated heterocycles. The molecule has 1 aliphatic rings. The van der Waals surface area contributed by atoms with Gasteiger partial charge in [0, 0.05) is 29.2 Å². The van der Waals surface area contributed by atoms with Crippen LogP contribution in [0.4, 0.5) is 11.4 Å². The van der Waals surface area contributed by atoms with Crippen LogP contribution in [0.1, 0.15) is 23.7 Å². The molecule has 0 saturated carbocycles. The first-order valence-electron chi connectivity index (χ1n) is 8.02. The number of benzene rings is 2. The molecular weight excluding hydrogens is 375 g/mol. The molecule has 2 aromatic carbocycles. The molecule has 1 atom stereocenters. The molecule has 26 heavy (non-hydrogen) atoms. The molecule has 0 spiro atoms. The van der Waals surface area contributed by atoms with Gasteiger partial charge in [-0.25, -0.2) is 0 Å². The number of ketones is 1. The summed E-state index contributed by atoms with van der Waals surface area (Å²) >= 11 is 12.1. The minimum absolute atomic E-state index is 0.0419. The normalized spacial score (nSPS) is 16.7. The summed E-state index contributed by atoms with van der Waals surface area (Å²) in [6, 6.07) is 11.5. The van der Waals surface area contributed by atoms with Crippen LogP contribution in [0.2, 0.25) is 10.0 Å². The largest absolute Gasteiger partial charge is 0.326 e. The number of hydrogen-bond acceptors (Lipinski definition) is 3. The van der Waals surface area contributed by atoms with Gasteiger partial charge in [-0.3, -0.25) is 14.4 Å². The van der Waals surface area contributed by atoms with Gasteiger partial charge in [-0.15, -0.1) is 0 Å². The van der Waals surface area contributed by atoms with Crippen molar-refractivity contribution in [3.63, 3.8) is 0 Å². The minimum Gasteiger partial charge on any atom is -0.326 e. The lowest BCUT2D eigenvalue weighted by Gasteiger charge is -2.18. The van der Waals surface area contributed by atoms with Crippen LogP contribution in [0.15, 0.2) is 42.5 Å². The highest BCUT2D eigenvalue weighted by atomic mass is 35.5. The van der Waals surface area contributed by atoms with E-state index in [1.54, 1.807) is 42.5 Å². The monoisotopic (exact) mass is 390 g/mol. The Balaban J connectivity index is 1.69. The van der Waals surface area contributed by atoms with Gasteiger partial charge in [0.25, 0.3) is 0 Å². The van der Waals surface area contributed by atoms with Crippen LogP contribution in [-0.4, -0.2) is 24.1 Å². The molecule has 1 aliphatic heterocycles. The zero-order valence-electron chi connectivity index (χ0n) is 14.0. The molecule has 7 heteroatoms. The first-order valence-corrected chi connectivity index (χ1v) is 8.78. The van der Waals surface area contributed by atoms with Gasteiger partial charge in [-0.05, 0) is 49.4 Å². The average molecular weight is 391 g/mol. The van der Waals surface area contributed by atoms with Gasteiger partial charge in [0.05, 0.1) is 16.6 Å². The second kappa shape index (κ2) is 7.48. The quantitative estimate of drug-likeness (QED) is 0.795. The molecule has 3 rings (SSSR count). The number of carbonyl (C=O) groups excluding carboxylic acids is 3. The van der Waals surface area contributed by atoms with Gasteiger partial charge in [-0.1, -0.05) is 23.2 Å². The molecule has 1 N–H and O–H groups in total. The van der Waals surface area contributed by atoms with Crippen molar-refractivity contribution < 1.29 is 14.4 Å². The summed E-state index contributed by atoms with van der Waals surface area (Å²) in [5, 5.41) is 3.63. The van der Waals surface area contributed by atoms with Crippen molar-refractivity contribution in [2.45, 2.75) is 13.3 Å². The third-order valence-electron chi connectivity index (χ3n) is 4.26. The first kappa shape index (κ1) is 18.4. The molecule has 2 aromatic rings. The summed E-state index contributed by atoms with van der Waals surface area (Å²) in [6.45, 7) is 1.73. The summed E-state index contributed by atoms with van der Waals surface area (Å²) in [7, 11) is 0. The molecule has 134 valence electrons. The second-order valence-electron chi connectivity index (χ2n) is 6.12. The molecule has 1 unspecified atom stereocenters. The fourth-order valence-corrected chi connectivity index (χ4v) is 3.36. The predicted octanol–water partition coefficient (Wildman–Crippen LogP) is 4.19. The van der Waals surface area contributed by atoms with E-state index in [9.17, 15) is 14.4 Å². The van der Waals surface area contributed by atoms with Crippen molar-refractivity contribution in [3.8, 4) is 0 Å². The maximum absolute atomic E-state index is 12.5. The van der Waals surface area contributed by atoms with Crippen LogP contribution in [0, 0.1) is 5.92 Å². The number of anilines is 2. The molecule has 0 aliphatic carbocycles. The van der Waals surface area contributed by atoms with Crippen molar-refractivity contribution in [2.75, 3.05) is 16.8 Å². The number of nitrogens with zero attached hydrogens (tertiary/aromatic N) is 1. The Labute approximate surface area is 160 Å². The highest BCUT2D eigenvalue weighted by Gasteiger charge is 2.36. The number of rotatable bonds is 4.